The largest absolute Gasteiger partial charge is 0.497 e. The number of anilines is 1. The number of ether oxygens (including phenoxy) is 1. The number of thiazole rings is 1. The molecule has 1 aliphatic heterocycles. The molecule has 0 saturated carbocycles. The molecule has 2 aromatic carbocycles. The van der Waals surface area contributed by atoms with Crippen LogP contribution in [-0.2, 0) is 6.67 Å². The Balaban J connectivity index is 1.69. The number of rotatable bonds is 3. The van der Waals surface area contributed by atoms with Crippen molar-refractivity contribution < 1.29 is 4.74 Å². The van der Waals surface area contributed by atoms with E-state index in [4.69, 9.17) is 4.74 Å². The Morgan fingerprint density at radius 2 is 2.04 bits per heavy atom. The second kappa shape index (κ2) is 7.09. The highest BCUT2D eigenvalue weighted by Gasteiger charge is 2.16. The van der Waals surface area contributed by atoms with Crippen LogP contribution >= 0.6 is 27.3 Å². The second-order valence-electron chi connectivity index (χ2n) is 5.86. The third-order valence-corrected chi connectivity index (χ3v) is 5.70. The standard InChI is InChI=1S/C19H16BrN3O2S/c1-25-16-7-5-13(6-8-16)9-17-18(24)23-12-22(11-21-19(23)26-17)15-4-2-3-14(20)10-15/h2-10H,11-12H2,1H3. The summed E-state index contributed by atoms with van der Waals surface area (Å²) in [6.07, 6.45) is 1.90. The van der Waals surface area contributed by atoms with Crippen LogP contribution in [0.3, 0.4) is 0 Å². The normalized spacial score (nSPS) is 14.1. The van der Waals surface area contributed by atoms with Gasteiger partial charge in [-0.25, -0.2) is 4.99 Å². The lowest BCUT2D eigenvalue weighted by Crippen LogP contribution is -2.42. The third kappa shape index (κ3) is 3.32. The Morgan fingerprint density at radius 3 is 2.77 bits per heavy atom. The lowest BCUT2D eigenvalue weighted by molar-refractivity contribution is 0.415. The fraction of sp³-hybridized carbons (Fsp3) is 0.158. The van der Waals surface area contributed by atoms with Gasteiger partial charge in [0.25, 0.3) is 5.56 Å². The van der Waals surface area contributed by atoms with Gasteiger partial charge in [0.1, 0.15) is 19.1 Å². The van der Waals surface area contributed by atoms with Crippen molar-refractivity contribution in [2.45, 2.75) is 6.67 Å². The lowest BCUT2D eigenvalue weighted by atomic mass is 10.2. The van der Waals surface area contributed by atoms with E-state index in [1.807, 2.05) is 54.6 Å². The molecule has 132 valence electrons. The van der Waals surface area contributed by atoms with Crippen LogP contribution in [0.25, 0.3) is 6.08 Å². The van der Waals surface area contributed by atoms with Gasteiger partial charge in [-0.3, -0.25) is 9.36 Å². The molecule has 5 nitrogen and oxygen atoms in total. The first-order chi connectivity index (χ1) is 12.6. The van der Waals surface area contributed by atoms with Gasteiger partial charge < -0.3 is 9.64 Å². The van der Waals surface area contributed by atoms with Crippen LogP contribution in [0, 0.1) is 0 Å². The lowest BCUT2D eigenvalue weighted by Gasteiger charge is -2.25. The smallest absolute Gasteiger partial charge is 0.271 e. The molecule has 7 heteroatoms. The molecule has 0 bridgehead atoms. The summed E-state index contributed by atoms with van der Waals surface area (Å²) >= 11 is 4.92. The topological polar surface area (TPSA) is 46.8 Å². The van der Waals surface area contributed by atoms with Gasteiger partial charge >= 0.3 is 0 Å². The quantitative estimate of drug-likeness (QED) is 0.642. The van der Waals surface area contributed by atoms with Crippen molar-refractivity contribution in [3.63, 3.8) is 0 Å². The van der Waals surface area contributed by atoms with Gasteiger partial charge in [-0.15, -0.1) is 0 Å². The van der Waals surface area contributed by atoms with Gasteiger partial charge in [0, 0.05) is 10.2 Å². The second-order valence-corrected chi connectivity index (χ2v) is 7.79. The Bertz CT molecular complexity index is 1120. The predicted octanol–water partition coefficient (Wildman–Crippen LogP) is 2.56. The van der Waals surface area contributed by atoms with E-state index in [0.717, 1.165) is 26.3 Å². The minimum Gasteiger partial charge on any atom is -0.497 e. The van der Waals surface area contributed by atoms with Gasteiger partial charge in [-0.05, 0) is 42.0 Å². The van der Waals surface area contributed by atoms with E-state index in [0.29, 0.717) is 17.9 Å². The molecule has 1 aromatic heterocycles. The maximum Gasteiger partial charge on any atom is 0.271 e. The van der Waals surface area contributed by atoms with Crippen LogP contribution in [0.5, 0.6) is 5.75 Å². The first-order valence-electron chi connectivity index (χ1n) is 8.04. The van der Waals surface area contributed by atoms with Crippen LogP contribution in [0.15, 0.2) is 62.8 Å². The highest BCUT2D eigenvalue weighted by Crippen LogP contribution is 2.20. The van der Waals surface area contributed by atoms with Crippen LogP contribution < -0.4 is 24.5 Å². The summed E-state index contributed by atoms with van der Waals surface area (Å²) in [6, 6.07) is 15.7. The fourth-order valence-electron chi connectivity index (χ4n) is 2.80. The molecule has 1 aliphatic rings. The zero-order valence-electron chi connectivity index (χ0n) is 14.1. The van der Waals surface area contributed by atoms with Crippen molar-refractivity contribution in [2.24, 2.45) is 4.99 Å². The van der Waals surface area contributed by atoms with Crippen LogP contribution in [0.1, 0.15) is 5.56 Å². The molecule has 0 spiro atoms. The average Bonchev–Trinajstić information content (AvgIpc) is 2.97. The minimum absolute atomic E-state index is 0.00994. The number of halogens is 1. The van der Waals surface area contributed by atoms with E-state index < -0.39 is 0 Å². The van der Waals surface area contributed by atoms with Crippen molar-refractivity contribution in [1.82, 2.24) is 4.57 Å². The Hall–Kier alpha value is -2.38. The molecule has 0 saturated heterocycles. The van der Waals surface area contributed by atoms with Crippen molar-refractivity contribution in [3.8, 4) is 5.75 Å². The van der Waals surface area contributed by atoms with E-state index in [2.05, 4.69) is 25.8 Å². The third-order valence-electron chi connectivity index (χ3n) is 4.16. The molecule has 2 heterocycles. The number of methoxy groups -OCH3 is 1. The van der Waals surface area contributed by atoms with Crippen molar-refractivity contribution >= 4 is 39.0 Å². The number of nitrogens with zero attached hydrogens (tertiary/aromatic N) is 3. The highest BCUT2D eigenvalue weighted by atomic mass is 79.9. The summed E-state index contributed by atoms with van der Waals surface area (Å²) in [6.45, 7) is 1.04. The van der Waals surface area contributed by atoms with Crippen LogP contribution in [-0.4, -0.2) is 18.3 Å². The maximum atomic E-state index is 12.8. The number of aromatic nitrogens is 1. The molecular formula is C19H16BrN3O2S. The van der Waals surface area contributed by atoms with Gasteiger partial charge in [0.15, 0.2) is 4.80 Å². The summed E-state index contributed by atoms with van der Waals surface area (Å²) in [5.41, 5.74) is 1.99. The Kier molecular flexibility index (Phi) is 4.65. The van der Waals surface area contributed by atoms with Crippen molar-refractivity contribution in [3.05, 3.63) is 78.3 Å². The molecule has 0 aliphatic carbocycles. The predicted molar refractivity (Wildman–Crippen MR) is 107 cm³/mol. The molecule has 4 rings (SSSR count). The Labute approximate surface area is 162 Å². The average molecular weight is 430 g/mol. The summed E-state index contributed by atoms with van der Waals surface area (Å²) in [5.74, 6) is 0.795. The molecule has 0 amide bonds. The fourth-order valence-corrected chi connectivity index (χ4v) is 4.15. The molecule has 26 heavy (non-hydrogen) atoms. The summed E-state index contributed by atoms with van der Waals surface area (Å²) in [5, 5.41) is 0. The maximum absolute atomic E-state index is 12.8. The molecular weight excluding hydrogens is 414 g/mol. The molecule has 3 aromatic rings. The summed E-state index contributed by atoms with van der Waals surface area (Å²) < 4.78 is 8.59. The molecule has 0 radical (unpaired) electrons. The van der Waals surface area contributed by atoms with E-state index in [1.165, 1.54) is 11.3 Å². The van der Waals surface area contributed by atoms with E-state index >= 15 is 0 Å². The first kappa shape index (κ1) is 17.1. The molecule has 0 unspecified atom stereocenters. The summed E-state index contributed by atoms with van der Waals surface area (Å²) in [4.78, 5) is 20.2. The van der Waals surface area contributed by atoms with Gasteiger partial charge in [-0.2, -0.15) is 0 Å². The summed E-state index contributed by atoms with van der Waals surface area (Å²) in [7, 11) is 1.64. The first-order valence-corrected chi connectivity index (χ1v) is 9.65. The van der Waals surface area contributed by atoms with E-state index in [9.17, 15) is 4.79 Å². The number of hydrogen-bond acceptors (Lipinski definition) is 5. The molecule has 0 N–H and O–H groups in total. The van der Waals surface area contributed by atoms with Crippen molar-refractivity contribution in [2.75, 3.05) is 18.7 Å². The number of fused-ring (bicyclic) bond motifs is 1. The van der Waals surface area contributed by atoms with Crippen LogP contribution in [0.4, 0.5) is 5.69 Å². The zero-order chi connectivity index (χ0) is 18.1. The monoisotopic (exact) mass is 429 g/mol. The minimum atomic E-state index is -0.00994. The van der Waals surface area contributed by atoms with E-state index in [-0.39, 0.29) is 5.56 Å². The van der Waals surface area contributed by atoms with Gasteiger partial charge in [0.05, 0.1) is 11.6 Å². The number of hydrogen-bond donors (Lipinski definition) is 0. The molecule has 0 fully saturated rings. The van der Waals surface area contributed by atoms with Gasteiger partial charge in [-0.1, -0.05) is 45.5 Å². The van der Waals surface area contributed by atoms with Crippen LogP contribution in [0.2, 0.25) is 0 Å². The van der Waals surface area contributed by atoms with Gasteiger partial charge in [0.2, 0.25) is 0 Å². The molecule has 0 atom stereocenters. The van der Waals surface area contributed by atoms with Crippen molar-refractivity contribution in [1.29, 1.82) is 0 Å². The highest BCUT2D eigenvalue weighted by molar-refractivity contribution is 9.10. The SMILES string of the molecule is COc1ccc(C=c2sc3n(c2=O)CN(c2cccc(Br)c2)CN=3)cc1. The van der Waals surface area contributed by atoms with E-state index in [1.54, 1.807) is 11.7 Å². The number of benzene rings is 2. The zero-order valence-corrected chi connectivity index (χ0v) is 16.5. The Morgan fingerprint density at radius 1 is 1.23 bits per heavy atom.